The average molecular weight is 262 g/mol. The molecule has 1 saturated heterocycles. The summed E-state index contributed by atoms with van der Waals surface area (Å²) in [5.74, 6) is 0.259. The van der Waals surface area contributed by atoms with Crippen LogP contribution in [-0.2, 0) is 14.6 Å². The second-order valence-electron chi connectivity index (χ2n) is 5.56. The predicted octanol–water partition coefficient (Wildman–Crippen LogP) is 0.0532. The van der Waals surface area contributed by atoms with Crippen LogP contribution in [0, 0.1) is 5.92 Å². The van der Waals surface area contributed by atoms with Crippen molar-refractivity contribution in [2.24, 2.45) is 11.7 Å². The van der Waals surface area contributed by atoms with Gasteiger partial charge in [0.15, 0.2) is 9.84 Å². The van der Waals surface area contributed by atoms with Crippen LogP contribution in [0.1, 0.15) is 33.6 Å². The minimum Gasteiger partial charge on any atom is -0.350 e. The highest BCUT2D eigenvalue weighted by molar-refractivity contribution is 7.91. The lowest BCUT2D eigenvalue weighted by atomic mass is 9.99. The summed E-state index contributed by atoms with van der Waals surface area (Å²) in [5.41, 5.74) is 5.19. The number of hydrogen-bond donors (Lipinski definition) is 2. The van der Waals surface area contributed by atoms with Crippen molar-refractivity contribution in [2.75, 3.05) is 11.5 Å². The molecule has 100 valence electrons. The first kappa shape index (κ1) is 14.4. The maximum absolute atomic E-state index is 11.7. The molecule has 0 aliphatic carbocycles. The van der Waals surface area contributed by atoms with Crippen LogP contribution in [0.5, 0.6) is 0 Å². The number of rotatable bonds is 4. The highest BCUT2D eigenvalue weighted by Crippen LogP contribution is 2.23. The van der Waals surface area contributed by atoms with Crippen LogP contribution in [-0.4, -0.2) is 37.4 Å². The number of carbonyl (C=O) groups excluding carboxylic acids is 1. The number of sulfone groups is 1. The van der Waals surface area contributed by atoms with Crippen molar-refractivity contribution in [1.29, 1.82) is 0 Å². The fourth-order valence-electron chi connectivity index (χ4n) is 1.95. The van der Waals surface area contributed by atoms with E-state index in [9.17, 15) is 13.2 Å². The lowest BCUT2D eigenvalue weighted by Gasteiger charge is -2.25. The summed E-state index contributed by atoms with van der Waals surface area (Å²) < 4.78 is 22.8. The molecule has 1 heterocycles. The van der Waals surface area contributed by atoms with Gasteiger partial charge in [0.2, 0.25) is 5.91 Å². The molecule has 2 atom stereocenters. The average Bonchev–Trinajstić information content (AvgIpc) is 2.39. The van der Waals surface area contributed by atoms with Crippen LogP contribution in [0.25, 0.3) is 0 Å². The summed E-state index contributed by atoms with van der Waals surface area (Å²) >= 11 is 0. The van der Waals surface area contributed by atoms with Gasteiger partial charge in [0.1, 0.15) is 0 Å². The summed E-state index contributed by atoms with van der Waals surface area (Å²) in [6, 6.07) is -0.184. The number of nitrogens with one attached hydrogen (secondary N) is 1. The molecule has 17 heavy (non-hydrogen) atoms. The molecule has 3 N–H and O–H groups in total. The van der Waals surface area contributed by atoms with Gasteiger partial charge in [-0.1, -0.05) is 13.8 Å². The highest BCUT2D eigenvalue weighted by Gasteiger charge is 2.39. The molecule has 0 aromatic carbocycles. The van der Waals surface area contributed by atoms with Crippen LogP contribution in [0.3, 0.4) is 0 Å². The third-order valence-electron chi connectivity index (χ3n) is 3.22. The predicted molar refractivity (Wildman–Crippen MR) is 67.2 cm³/mol. The molecule has 5 nitrogen and oxygen atoms in total. The molecular weight excluding hydrogens is 240 g/mol. The fourth-order valence-corrected chi connectivity index (χ4v) is 4.04. The number of amides is 1. The van der Waals surface area contributed by atoms with Crippen molar-refractivity contribution in [1.82, 2.24) is 5.32 Å². The monoisotopic (exact) mass is 262 g/mol. The van der Waals surface area contributed by atoms with E-state index >= 15 is 0 Å². The zero-order chi connectivity index (χ0) is 13.3. The standard InChI is InChI=1S/C11H22N2O3S/c1-8(2)9(12)6-10(14)13-11(3)4-5-17(15,16)7-11/h8-9H,4-7,12H2,1-3H3,(H,13,14). The van der Waals surface area contributed by atoms with Gasteiger partial charge >= 0.3 is 0 Å². The molecule has 0 aromatic heterocycles. The SMILES string of the molecule is CC(C)C(N)CC(=O)NC1(C)CCS(=O)(=O)C1. The molecule has 0 bridgehead atoms. The van der Waals surface area contributed by atoms with Crippen molar-refractivity contribution in [3.05, 3.63) is 0 Å². The minimum atomic E-state index is -2.99. The summed E-state index contributed by atoms with van der Waals surface area (Å²) in [6.07, 6.45) is 0.727. The van der Waals surface area contributed by atoms with Gasteiger partial charge in [0, 0.05) is 12.5 Å². The van der Waals surface area contributed by atoms with E-state index in [1.165, 1.54) is 0 Å². The summed E-state index contributed by atoms with van der Waals surface area (Å²) in [5, 5.41) is 2.80. The molecule has 1 aliphatic heterocycles. The smallest absolute Gasteiger partial charge is 0.222 e. The molecule has 6 heteroatoms. The molecule has 0 spiro atoms. The molecule has 0 saturated carbocycles. The van der Waals surface area contributed by atoms with E-state index in [0.29, 0.717) is 6.42 Å². The van der Waals surface area contributed by atoms with Gasteiger partial charge in [-0.2, -0.15) is 0 Å². The Balaban J connectivity index is 2.52. The van der Waals surface area contributed by atoms with E-state index in [1.807, 2.05) is 13.8 Å². The van der Waals surface area contributed by atoms with Gasteiger partial charge in [0.25, 0.3) is 0 Å². The Morgan fingerprint density at radius 3 is 2.47 bits per heavy atom. The second kappa shape index (κ2) is 4.94. The number of nitrogens with two attached hydrogens (primary N) is 1. The van der Waals surface area contributed by atoms with E-state index in [2.05, 4.69) is 5.32 Å². The van der Waals surface area contributed by atoms with E-state index in [0.717, 1.165) is 0 Å². The first-order chi connectivity index (χ1) is 7.64. The van der Waals surface area contributed by atoms with E-state index in [1.54, 1.807) is 6.92 Å². The van der Waals surface area contributed by atoms with Gasteiger partial charge < -0.3 is 11.1 Å². The molecule has 2 unspecified atom stereocenters. The molecule has 1 fully saturated rings. The van der Waals surface area contributed by atoms with Crippen molar-refractivity contribution >= 4 is 15.7 Å². The number of carbonyl (C=O) groups is 1. The van der Waals surface area contributed by atoms with Crippen LogP contribution >= 0.6 is 0 Å². The van der Waals surface area contributed by atoms with Crippen molar-refractivity contribution in [3.63, 3.8) is 0 Å². The van der Waals surface area contributed by atoms with Crippen molar-refractivity contribution in [2.45, 2.75) is 45.2 Å². The van der Waals surface area contributed by atoms with Crippen molar-refractivity contribution < 1.29 is 13.2 Å². The van der Waals surface area contributed by atoms with Crippen LogP contribution < -0.4 is 11.1 Å². The maximum Gasteiger partial charge on any atom is 0.222 e. The fraction of sp³-hybridized carbons (Fsp3) is 0.909. The van der Waals surface area contributed by atoms with Gasteiger partial charge in [0.05, 0.1) is 17.0 Å². The Morgan fingerprint density at radius 1 is 1.47 bits per heavy atom. The Morgan fingerprint density at radius 2 is 2.06 bits per heavy atom. The second-order valence-corrected chi connectivity index (χ2v) is 7.75. The summed E-state index contributed by atoms with van der Waals surface area (Å²) in [6.45, 7) is 5.69. The zero-order valence-corrected chi connectivity index (χ0v) is 11.5. The van der Waals surface area contributed by atoms with Crippen LogP contribution in [0.4, 0.5) is 0 Å². The molecule has 0 aromatic rings. The van der Waals surface area contributed by atoms with Gasteiger partial charge in [-0.05, 0) is 19.3 Å². The summed E-state index contributed by atoms with van der Waals surface area (Å²) in [4.78, 5) is 11.7. The normalized spacial score (nSPS) is 29.2. The lowest BCUT2D eigenvalue weighted by Crippen LogP contribution is -2.48. The van der Waals surface area contributed by atoms with Crippen LogP contribution in [0.2, 0.25) is 0 Å². The van der Waals surface area contributed by atoms with Crippen LogP contribution in [0.15, 0.2) is 0 Å². The molecule has 0 radical (unpaired) electrons. The first-order valence-electron chi connectivity index (χ1n) is 5.91. The largest absolute Gasteiger partial charge is 0.350 e. The molecule has 1 amide bonds. The Kier molecular flexibility index (Phi) is 4.19. The molecular formula is C11H22N2O3S. The lowest BCUT2D eigenvalue weighted by molar-refractivity contribution is -0.123. The van der Waals surface area contributed by atoms with E-state index in [4.69, 9.17) is 5.73 Å². The maximum atomic E-state index is 11.7. The topological polar surface area (TPSA) is 89.3 Å². The van der Waals surface area contributed by atoms with Gasteiger partial charge in [-0.15, -0.1) is 0 Å². The first-order valence-corrected chi connectivity index (χ1v) is 7.73. The van der Waals surface area contributed by atoms with Gasteiger partial charge in [-0.3, -0.25) is 4.79 Å². The Bertz CT molecular complexity index is 392. The Labute approximate surface area is 103 Å². The quantitative estimate of drug-likeness (QED) is 0.749. The minimum absolute atomic E-state index is 0.0304. The zero-order valence-electron chi connectivity index (χ0n) is 10.7. The molecule has 1 rings (SSSR count). The summed E-state index contributed by atoms with van der Waals surface area (Å²) in [7, 11) is -2.99. The number of hydrogen-bond acceptors (Lipinski definition) is 4. The Hall–Kier alpha value is -0.620. The third-order valence-corrected chi connectivity index (χ3v) is 5.13. The van der Waals surface area contributed by atoms with Crippen molar-refractivity contribution in [3.8, 4) is 0 Å². The molecule has 1 aliphatic rings. The highest BCUT2D eigenvalue weighted by atomic mass is 32.2. The van der Waals surface area contributed by atoms with E-state index < -0.39 is 15.4 Å². The van der Waals surface area contributed by atoms with Gasteiger partial charge in [-0.25, -0.2) is 8.42 Å². The van der Waals surface area contributed by atoms with E-state index in [-0.39, 0.29) is 35.8 Å². The third kappa shape index (κ3) is 4.27.